The maximum absolute atomic E-state index is 11.9. The van der Waals surface area contributed by atoms with Crippen LogP contribution in [0, 0.1) is 0 Å². The lowest BCUT2D eigenvalue weighted by molar-refractivity contribution is -0.176. The number of amides is 3. The normalized spacial score (nSPS) is 16.4. The third-order valence-electron chi connectivity index (χ3n) is 2.17. The summed E-state index contributed by atoms with van der Waals surface area (Å²) < 4.78 is 39.8. The van der Waals surface area contributed by atoms with Crippen molar-refractivity contribution in [2.45, 2.75) is 44.5 Å². The Bertz CT molecular complexity index is 379. The number of rotatable bonds is 4. The van der Waals surface area contributed by atoms with Crippen molar-refractivity contribution < 1.29 is 32.3 Å². The average Bonchev–Trinajstić information content (AvgIpc) is 2.97. The number of urea groups is 1. The highest BCUT2D eigenvalue weighted by Crippen LogP contribution is 2.20. The topological polar surface area (TPSA) is 84.5 Å². The van der Waals surface area contributed by atoms with Crippen LogP contribution < -0.4 is 10.6 Å². The Balaban J connectivity index is 2.30. The first-order valence-corrected chi connectivity index (χ1v) is 5.55. The third-order valence-corrected chi connectivity index (χ3v) is 2.17. The minimum Gasteiger partial charge on any atom is -0.452 e. The Hall–Kier alpha value is -1.80. The quantitative estimate of drug-likeness (QED) is 0.749. The van der Waals surface area contributed by atoms with Crippen LogP contribution in [0.2, 0.25) is 0 Å². The monoisotopic (exact) mass is 282 g/mol. The van der Waals surface area contributed by atoms with Crippen molar-refractivity contribution in [3.05, 3.63) is 0 Å². The van der Waals surface area contributed by atoms with Gasteiger partial charge in [0.2, 0.25) is 0 Å². The Kier molecular flexibility index (Phi) is 4.73. The van der Waals surface area contributed by atoms with Gasteiger partial charge in [-0.1, -0.05) is 0 Å². The molecule has 0 aromatic heterocycles. The highest BCUT2D eigenvalue weighted by molar-refractivity contribution is 5.97. The van der Waals surface area contributed by atoms with Crippen molar-refractivity contribution in [2.24, 2.45) is 0 Å². The first-order chi connectivity index (χ1) is 8.67. The van der Waals surface area contributed by atoms with Gasteiger partial charge in [-0.15, -0.1) is 0 Å². The molecule has 3 amide bonds. The Morgan fingerprint density at radius 2 is 1.89 bits per heavy atom. The molecule has 1 unspecified atom stereocenters. The van der Waals surface area contributed by atoms with Gasteiger partial charge in [0, 0.05) is 6.04 Å². The molecule has 108 valence electrons. The maximum Gasteiger partial charge on any atom is 0.399 e. The summed E-state index contributed by atoms with van der Waals surface area (Å²) in [5.41, 5.74) is 0. The second-order valence-corrected chi connectivity index (χ2v) is 4.16. The van der Waals surface area contributed by atoms with E-state index in [-0.39, 0.29) is 6.04 Å². The molecule has 1 rings (SSSR count). The largest absolute Gasteiger partial charge is 0.452 e. The highest BCUT2D eigenvalue weighted by Gasteiger charge is 2.34. The van der Waals surface area contributed by atoms with Crippen LogP contribution in [-0.2, 0) is 14.3 Å². The van der Waals surface area contributed by atoms with Crippen LogP contribution in [0.3, 0.4) is 0 Å². The second kappa shape index (κ2) is 5.89. The molecule has 19 heavy (non-hydrogen) atoms. The van der Waals surface area contributed by atoms with Gasteiger partial charge in [0.15, 0.2) is 6.10 Å². The van der Waals surface area contributed by atoms with Gasteiger partial charge in [0.05, 0.1) is 0 Å². The number of nitrogens with one attached hydrogen (secondary N) is 2. The number of carbonyl (C=O) groups excluding carboxylic acids is 3. The van der Waals surface area contributed by atoms with Crippen LogP contribution in [0.25, 0.3) is 0 Å². The fourth-order valence-corrected chi connectivity index (χ4v) is 1.12. The molecule has 2 N–H and O–H groups in total. The van der Waals surface area contributed by atoms with E-state index >= 15 is 0 Å². The van der Waals surface area contributed by atoms with E-state index in [4.69, 9.17) is 0 Å². The standard InChI is InChI=1S/C10H13F3N2O4/c1-5(19-7(16)4-10(11,12)13)8(17)15-9(18)14-6-2-3-6/h5-6H,2-4H2,1H3,(H2,14,15,17,18). The predicted molar refractivity (Wildman–Crippen MR) is 55.9 cm³/mol. The number of halogens is 3. The van der Waals surface area contributed by atoms with E-state index in [0.29, 0.717) is 0 Å². The third kappa shape index (κ3) is 6.63. The summed E-state index contributed by atoms with van der Waals surface area (Å²) >= 11 is 0. The van der Waals surface area contributed by atoms with E-state index in [0.717, 1.165) is 19.8 Å². The fourth-order valence-electron chi connectivity index (χ4n) is 1.12. The summed E-state index contributed by atoms with van der Waals surface area (Å²) in [4.78, 5) is 33.3. The summed E-state index contributed by atoms with van der Waals surface area (Å²) in [6.07, 6.45) is -6.31. The van der Waals surface area contributed by atoms with Crippen LogP contribution >= 0.6 is 0 Å². The van der Waals surface area contributed by atoms with E-state index in [1.807, 2.05) is 5.32 Å². The summed E-state index contributed by atoms with van der Waals surface area (Å²) in [6, 6.07) is -0.734. The van der Waals surface area contributed by atoms with Gasteiger partial charge in [-0.2, -0.15) is 13.2 Å². The van der Waals surface area contributed by atoms with Crippen molar-refractivity contribution in [2.75, 3.05) is 0 Å². The molecule has 0 bridgehead atoms. The van der Waals surface area contributed by atoms with Crippen LogP contribution in [0.15, 0.2) is 0 Å². The molecule has 0 aromatic rings. The average molecular weight is 282 g/mol. The minimum absolute atomic E-state index is 0.0240. The van der Waals surface area contributed by atoms with Crippen molar-refractivity contribution in [3.8, 4) is 0 Å². The van der Waals surface area contributed by atoms with Crippen LogP contribution in [0.4, 0.5) is 18.0 Å². The minimum atomic E-state index is -4.70. The number of esters is 1. The van der Waals surface area contributed by atoms with Gasteiger partial charge in [-0.25, -0.2) is 4.79 Å². The van der Waals surface area contributed by atoms with E-state index in [2.05, 4.69) is 10.1 Å². The molecular weight excluding hydrogens is 269 g/mol. The number of alkyl halides is 3. The summed E-state index contributed by atoms with van der Waals surface area (Å²) in [5, 5.41) is 4.31. The zero-order valence-corrected chi connectivity index (χ0v) is 10.0. The second-order valence-electron chi connectivity index (χ2n) is 4.16. The zero-order valence-electron chi connectivity index (χ0n) is 10.0. The Labute approximate surface area is 106 Å². The lowest BCUT2D eigenvalue weighted by Crippen LogP contribution is -2.45. The number of imide groups is 1. The number of hydrogen-bond donors (Lipinski definition) is 2. The van der Waals surface area contributed by atoms with Crippen molar-refractivity contribution in [1.82, 2.24) is 10.6 Å². The molecule has 0 spiro atoms. The lowest BCUT2D eigenvalue weighted by atomic mass is 10.3. The summed E-state index contributed by atoms with van der Waals surface area (Å²) in [6.45, 7) is 1.08. The van der Waals surface area contributed by atoms with Gasteiger partial charge < -0.3 is 10.1 Å². The first kappa shape index (κ1) is 15.3. The van der Waals surface area contributed by atoms with Crippen molar-refractivity contribution in [1.29, 1.82) is 0 Å². The maximum atomic E-state index is 11.9. The van der Waals surface area contributed by atoms with E-state index in [1.54, 1.807) is 0 Å². The van der Waals surface area contributed by atoms with Gasteiger partial charge >= 0.3 is 18.2 Å². The Morgan fingerprint density at radius 1 is 1.32 bits per heavy atom. The van der Waals surface area contributed by atoms with Gasteiger partial charge in [0.1, 0.15) is 6.42 Å². The molecule has 1 aliphatic rings. The van der Waals surface area contributed by atoms with Crippen LogP contribution in [-0.4, -0.2) is 36.2 Å². The van der Waals surface area contributed by atoms with Gasteiger partial charge in [-0.05, 0) is 19.8 Å². The van der Waals surface area contributed by atoms with Gasteiger partial charge in [-0.3, -0.25) is 14.9 Å². The van der Waals surface area contributed by atoms with E-state index in [1.165, 1.54) is 0 Å². The molecule has 0 radical (unpaired) electrons. The Morgan fingerprint density at radius 3 is 2.37 bits per heavy atom. The molecule has 0 aliphatic heterocycles. The van der Waals surface area contributed by atoms with Crippen LogP contribution in [0.5, 0.6) is 0 Å². The van der Waals surface area contributed by atoms with Crippen LogP contribution in [0.1, 0.15) is 26.2 Å². The summed E-state index contributed by atoms with van der Waals surface area (Å²) in [7, 11) is 0. The molecule has 1 fully saturated rings. The fraction of sp³-hybridized carbons (Fsp3) is 0.700. The van der Waals surface area contributed by atoms with Gasteiger partial charge in [0.25, 0.3) is 5.91 Å². The predicted octanol–water partition coefficient (Wildman–Crippen LogP) is 0.859. The summed E-state index contributed by atoms with van der Waals surface area (Å²) in [5.74, 6) is -2.55. The molecular formula is C10H13F3N2O4. The molecule has 1 aliphatic carbocycles. The molecule has 1 atom stereocenters. The van der Waals surface area contributed by atoms with E-state index in [9.17, 15) is 27.6 Å². The van der Waals surface area contributed by atoms with Crippen molar-refractivity contribution in [3.63, 3.8) is 0 Å². The molecule has 9 heteroatoms. The van der Waals surface area contributed by atoms with Crippen molar-refractivity contribution >= 4 is 17.9 Å². The zero-order chi connectivity index (χ0) is 14.6. The lowest BCUT2D eigenvalue weighted by Gasteiger charge is -2.13. The van der Waals surface area contributed by atoms with E-state index < -0.39 is 36.6 Å². The molecule has 0 heterocycles. The number of ether oxygens (including phenoxy) is 1. The molecule has 0 saturated heterocycles. The SMILES string of the molecule is CC(OC(=O)CC(F)(F)F)C(=O)NC(=O)NC1CC1. The molecule has 6 nitrogen and oxygen atoms in total. The molecule has 1 saturated carbocycles. The molecule has 0 aromatic carbocycles. The smallest absolute Gasteiger partial charge is 0.399 e. The number of hydrogen-bond acceptors (Lipinski definition) is 4. The first-order valence-electron chi connectivity index (χ1n) is 5.55. The highest BCUT2D eigenvalue weighted by atomic mass is 19.4. The number of carbonyl (C=O) groups is 3.